The van der Waals surface area contributed by atoms with E-state index < -0.39 is 24.0 Å². The largest absolute Gasteiger partial charge is 0.491 e. The van der Waals surface area contributed by atoms with Crippen LogP contribution in [-0.2, 0) is 14.3 Å². The highest BCUT2D eigenvalue weighted by atomic mass is 35.5. The van der Waals surface area contributed by atoms with Gasteiger partial charge in [-0.3, -0.25) is 10.1 Å². The summed E-state index contributed by atoms with van der Waals surface area (Å²) in [5.41, 5.74) is 5.38. The van der Waals surface area contributed by atoms with Gasteiger partial charge in [0, 0.05) is 6.08 Å². The van der Waals surface area contributed by atoms with Crippen LogP contribution in [0.2, 0.25) is 5.02 Å². The Morgan fingerprint density at radius 2 is 2.04 bits per heavy atom. The molecule has 8 nitrogen and oxygen atoms in total. The van der Waals surface area contributed by atoms with E-state index >= 15 is 0 Å². The van der Waals surface area contributed by atoms with Crippen molar-refractivity contribution in [2.24, 2.45) is 5.73 Å². The molecule has 9 heteroatoms. The quantitative estimate of drug-likeness (QED) is 0.559. The fraction of sp³-hybridized carbons (Fsp3) is 0.312. The Morgan fingerprint density at radius 3 is 2.60 bits per heavy atom. The van der Waals surface area contributed by atoms with Crippen molar-refractivity contribution in [1.29, 1.82) is 0 Å². The average molecular weight is 371 g/mol. The lowest BCUT2D eigenvalue weighted by molar-refractivity contribution is -0.149. The highest BCUT2D eigenvalue weighted by Gasteiger charge is 2.17. The maximum absolute atomic E-state index is 11.7. The Balaban J connectivity index is 2.82. The molecule has 1 rings (SSSR count). The molecule has 0 spiro atoms. The van der Waals surface area contributed by atoms with Crippen LogP contribution in [0.1, 0.15) is 19.4 Å². The van der Waals surface area contributed by atoms with Gasteiger partial charge in [-0.2, -0.15) is 0 Å². The van der Waals surface area contributed by atoms with E-state index in [2.05, 4.69) is 0 Å². The zero-order valence-electron chi connectivity index (χ0n) is 14.0. The lowest BCUT2D eigenvalue weighted by Crippen LogP contribution is -2.42. The van der Waals surface area contributed by atoms with E-state index in [-0.39, 0.29) is 0 Å². The van der Waals surface area contributed by atoms with E-state index in [0.29, 0.717) is 28.7 Å². The Morgan fingerprint density at radius 1 is 1.36 bits per heavy atom. The van der Waals surface area contributed by atoms with Crippen LogP contribution in [0.5, 0.6) is 11.5 Å². The van der Waals surface area contributed by atoms with Crippen molar-refractivity contribution in [1.82, 2.24) is 5.32 Å². The molecule has 0 heterocycles. The zero-order valence-corrected chi connectivity index (χ0v) is 14.8. The molecular formula is C16H19ClN2O6. The van der Waals surface area contributed by atoms with Gasteiger partial charge in [-0.25, -0.2) is 9.59 Å². The van der Waals surface area contributed by atoms with Gasteiger partial charge in [0.25, 0.3) is 5.91 Å². The minimum absolute atomic E-state index is 0.315. The minimum Gasteiger partial charge on any atom is -0.491 e. The van der Waals surface area contributed by atoms with Crippen molar-refractivity contribution in [3.63, 3.8) is 0 Å². The molecule has 3 N–H and O–H groups in total. The molecule has 0 aliphatic heterocycles. The minimum atomic E-state index is -1.18. The van der Waals surface area contributed by atoms with Crippen molar-refractivity contribution in [3.05, 3.63) is 28.8 Å². The SMILES string of the molecule is CCOc1cc(/C=C/C(=O)OC(C)C(=O)NC(N)=O)cc(Cl)c1OC. The van der Waals surface area contributed by atoms with Crippen LogP contribution in [-0.4, -0.2) is 37.7 Å². The maximum Gasteiger partial charge on any atom is 0.331 e. The summed E-state index contributed by atoms with van der Waals surface area (Å²) < 4.78 is 15.5. The summed E-state index contributed by atoms with van der Waals surface area (Å²) in [6.07, 6.45) is 1.37. The standard InChI is InChI=1S/C16H19ClN2O6/c1-4-24-12-8-10(7-11(17)14(12)23-3)5-6-13(20)25-9(2)15(21)19-16(18)22/h5-9H,4H2,1-3H3,(H3,18,19,21,22)/b6-5+. The second kappa shape index (κ2) is 9.53. The molecule has 0 aliphatic rings. The van der Waals surface area contributed by atoms with E-state index in [1.165, 1.54) is 20.1 Å². The number of ether oxygens (including phenoxy) is 3. The molecule has 25 heavy (non-hydrogen) atoms. The van der Waals surface area contributed by atoms with Gasteiger partial charge in [0.05, 0.1) is 18.7 Å². The second-order valence-corrected chi connectivity index (χ2v) is 5.14. The Labute approximate surface area is 149 Å². The number of hydrogen-bond acceptors (Lipinski definition) is 6. The van der Waals surface area contributed by atoms with Crippen LogP contribution in [0.15, 0.2) is 18.2 Å². The average Bonchev–Trinajstić information content (AvgIpc) is 2.52. The number of urea groups is 1. The third-order valence-corrected chi connectivity index (χ3v) is 3.14. The highest BCUT2D eigenvalue weighted by Crippen LogP contribution is 2.36. The first kappa shape index (κ1) is 20.3. The molecule has 0 saturated carbocycles. The van der Waals surface area contributed by atoms with Crippen LogP contribution in [0.4, 0.5) is 4.79 Å². The molecule has 1 aromatic carbocycles. The number of imide groups is 1. The zero-order chi connectivity index (χ0) is 19.0. The first-order chi connectivity index (χ1) is 11.8. The number of benzene rings is 1. The van der Waals surface area contributed by atoms with Gasteiger partial charge in [0.1, 0.15) is 0 Å². The molecule has 1 atom stereocenters. The number of methoxy groups -OCH3 is 1. The van der Waals surface area contributed by atoms with Crippen molar-refractivity contribution in [2.75, 3.05) is 13.7 Å². The summed E-state index contributed by atoms with van der Waals surface area (Å²) >= 11 is 6.11. The number of nitrogens with two attached hydrogens (primary N) is 1. The monoisotopic (exact) mass is 370 g/mol. The van der Waals surface area contributed by atoms with E-state index in [1.807, 2.05) is 12.2 Å². The summed E-state index contributed by atoms with van der Waals surface area (Å²) in [6.45, 7) is 3.53. The third kappa shape index (κ3) is 6.34. The number of carbonyl (C=O) groups excluding carboxylic acids is 3. The van der Waals surface area contributed by atoms with Crippen LogP contribution in [0.25, 0.3) is 6.08 Å². The van der Waals surface area contributed by atoms with Gasteiger partial charge in [-0.1, -0.05) is 11.6 Å². The Hall–Kier alpha value is -2.74. The number of rotatable bonds is 7. The lowest BCUT2D eigenvalue weighted by atomic mass is 10.2. The van der Waals surface area contributed by atoms with Gasteiger partial charge >= 0.3 is 12.0 Å². The van der Waals surface area contributed by atoms with Crippen LogP contribution in [0.3, 0.4) is 0 Å². The fourth-order valence-corrected chi connectivity index (χ4v) is 2.10. The molecule has 1 aromatic rings. The number of primary amides is 1. The first-order valence-electron chi connectivity index (χ1n) is 7.27. The van der Waals surface area contributed by atoms with Crippen LogP contribution in [0, 0.1) is 0 Å². The normalized spacial score (nSPS) is 11.7. The lowest BCUT2D eigenvalue weighted by Gasteiger charge is -2.12. The van der Waals surface area contributed by atoms with Crippen molar-refractivity contribution in [3.8, 4) is 11.5 Å². The summed E-state index contributed by atoms with van der Waals surface area (Å²) in [4.78, 5) is 33.8. The van der Waals surface area contributed by atoms with Gasteiger partial charge in [-0.15, -0.1) is 0 Å². The van der Waals surface area contributed by atoms with E-state index in [1.54, 1.807) is 12.1 Å². The van der Waals surface area contributed by atoms with Crippen molar-refractivity contribution < 1.29 is 28.6 Å². The Bertz CT molecular complexity index is 689. The van der Waals surface area contributed by atoms with Crippen molar-refractivity contribution >= 4 is 35.6 Å². The predicted octanol–water partition coefficient (Wildman–Crippen LogP) is 1.89. The molecule has 0 saturated heterocycles. The van der Waals surface area contributed by atoms with Crippen LogP contribution < -0.4 is 20.5 Å². The first-order valence-corrected chi connectivity index (χ1v) is 7.65. The van der Waals surface area contributed by atoms with Crippen molar-refractivity contribution in [2.45, 2.75) is 20.0 Å². The van der Waals surface area contributed by atoms with E-state index in [0.717, 1.165) is 6.08 Å². The number of carbonyl (C=O) groups is 3. The van der Waals surface area contributed by atoms with E-state index in [4.69, 9.17) is 31.5 Å². The number of amides is 3. The molecule has 3 amide bonds. The number of hydrogen-bond donors (Lipinski definition) is 2. The molecule has 136 valence electrons. The number of halogens is 1. The molecular weight excluding hydrogens is 352 g/mol. The summed E-state index contributed by atoms with van der Waals surface area (Å²) in [5, 5.41) is 2.13. The second-order valence-electron chi connectivity index (χ2n) is 4.73. The van der Waals surface area contributed by atoms with Gasteiger partial charge < -0.3 is 19.9 Å². The molecule has 0 bridgehead atoms. The van der Waals surface area contributed by atoms with E-state index in [9.17, 15) is 14.4 Å². The molecule has 0 fully saturated rings. The Kier molecular flexibility index (Phi) is 7.74. The summed E-state index contributed by atoms with van der Waals surface area (Å²) in [7, 11) is 1.47. The maximum atomic E-state index is 11.7. The summed E-state index contributed by atoms with van der Waals surface area (Å²) in [5.74, 6) is -0.780. The highest BCUT2D eigenvalue weighted by molar-refractivity contribution is 6.32. The third-order valence-electron chi connectivity index (χ3n) is 2.86. The fourth-order valence-electron chi connectivity index (χ4n) is 1.80. The molecule has 0 radical (unpaired) electrons. The molecule has 0 aromatic heterocycles. The number of esters is 1. The van der Waals surface area contributed by atoms with Gasteiger partial charge in [0.2, 0.25) is 0 Å². The molecule has 0 aliphatic carbocycles. The topological polar surface area (TPSA) is 117 Å². The van der Waals surface area contributed by atoms with Gasteiger partial charge in [-0.05, 0) is 37.6 Å². The molecule has 1 unspecified atom stereocenters. The summed E-state index contributed by atoms with van der Waals surface area (Å²) in [6, 6.07) is 2.19. The predicted molar refractivity (Wildman–Crippen MR) is 91.5 cm³/mol. The van der Waals surface area contributed by atoms with Crippen LogP contribution >= 0.6 is 11.6 Å². The van der Waals surface area contributed by atoms with Gasteiger partial charge in [0.15, 0.2) is 17.6 Å². The smallest absolute Gasteiger partial charge is 0.331 e. The number of nitrogens with one attached hydrogen (secondary N) is 1.